The van der Waals surface area contributed by atoms with Gasteiger partial charge in [0.25, 0.3) is 0 Å². The minimum Gasteiger partial charge on any atom is -0.493 e. The van der Waals surface area contributed by atoms with Crippen molar-refractivity contribution in [1.82, 2.24) is 5.32 Å². The molecule has 2 rings (SSSR count). The number of nitrogens with one attached hydrogen (secondary N) is 1. The Morgan fingerprint density at radius 1 is 1.22 bits per heavy atom. The fourth-order valence-electron chi connectivity index (χ4n) is 2.40. The first kappa shape index (κ1) is 19.9. The topological polar surface area (TPSA) is 71.3 Å². The lowest BCUT2D eigenvalue weighted by Crippen LogP contribution is -2.24. The van der Waals surface area contributed by atoms with Gasteiger partial charge in [0.2, 0.25) is 5.91 Å². The monoisotopic (exact) mass is 372 g/mol. The number of hydrogen-bond donors (Lipinski definition) is 1. The fourth-order valence-corrected chi connectivity index (χ4v) is 2.40. The van der Waals surface area contributed by atoms with Crippen molar-refractivity contribution in [2.45, 2.75) is 19.6 Å². The van der Waals surface area contributed by atoms with E-state index in [0.29, 0.717) is 5.56 Å². The van der Waals surface area contributed by atoms with Gasteiger partial charge in [0.1, 0.15) is 0 Å². The van der Waals surface area contributed by atoms with Crippen LogP contribution in [0.4, 0.5) is 8.78 Å². The molecule has 0 heterocycles. The average molecular weight is 372 g/mol. The largest absolute Gasteiger partial charge is 0.493 e. The van der Waals surface area contributed by atoms with Crippen LogP contribution in [0.1, 0.15) is 29.7 Å². The van der Waals surface area contributed by atoms with Gasteiger partial charge < -0.3 is 14.8 Å². The lowest BCUT2D eigenvalue weighted by molar-refractivity contribution is -0.117. The van der Waals surface area contributed by atoms with Crippen molar-refractivity contribution in [3.05, 3.63) is 65.2 Å². The molecule has 0 saturated heterocycles. The van der Waals surface area contributed by atoms with Crippen molar-refractivity contribution in [3.8, 4) is 17.6 Å². The van der Waals surface area contributed by atoms with Crippen LogP contribution in [0.15, 0.2) is 48.5 Å². The molecule has 1 amide bonds. The van der Waals surface area contributed by atoms with E-state index in [-0.39, 0.29) is 23.1 Å². The van der Waals surface area contributed by atoms with Crippen LogP contribution in [0.25, 0.3) is 6.08 Å². The highest BCUT2D eigenvalue weighted by Crippen LogP contribution is 2.33. The van der Waals surface area contributed by atoms with E-state index in [1.165, 1.54) is 31.4 Å². The van der Waals surface area contributed by atoms with Gasteiger partial charge in [0, 0.05) is 11.6 Å². The summed E-state index contributed by atoms with van der Waals surface area (Å²) in [6.07, 6.45) is 2.61. The molecule has 27 heavy (non-hydrogen) atoms. The van der Waals surface area contributed by atoms with E-state index in [0.717, 1.165) is 5.56 Å². The van der Waals surface area contributed by atoms with E-state index in [9.17, 15) is 13.6 Å². The summed E-state index contributed by atoms with van der Waals surface area (Å²) in [5.41, 5.74) is 1.65. The molecular formula is C20H18F2N2O3. The molecule has 0 fully saturated rings. The van der Waals surface area contributed by atoms with Crippen molar-refractivity contribution in [2.75, 3.05) is 7.11 Å². The van der Waals surface area contributed by atoms with Gasteiger partial charge in [-0.2, -0.15) is 14.0 Å². The van der Waals surface area contributed by atoms with E-state index >= 15 is 0 Å². The van der Waals surface area contributed by atoms with Gasteiger partial charge in [-0.1, -0.05) is 24.3 Å². The normalized spacial score (nSPS) is 11.9. The van der Waals surface area contributed by atoms with Crippen molar-refractivity contribution >= 4 is 12.0 Å². The number of benzene rings is 2. The number of amides is 1. The van der Waals surface area contributed by atoms with Crippen LogP contribution >= 0.6 is 0 Å². The molecule has 140 valence electrons. The Labute approximate surface area is 155 Å². The van der Waals surface area contributed by atoms with E-state index in [1.54, 1.807) is 37.3 Å². The lowest BCUT2D eigenvalue weighted by Gasteiger charge is -2.14. The molecule has 1 atom stereocenters. The molecule has 2 aromatic carbocycles. The summed E-state index contributed by atoms with van der Waals surface area (Å²) in [7, 11) is 1.34. The number of rotatable bonds is 7. The van der Waals surface area contributed by atoms with Crippen molar-refractivity contribution in [2.24, 2.45) is 0 Å². The molecule has 7 heteroatoms. The van der Waals surface area contributed by atoms with E-state index in [2.05, 4.69) is 10.1 Å². The molecule has 0 radical (unpaired) electrons. The van der Waals surface area contributed by atoms with Crippen molar-refractivity contribution in [1.29, 1.82) is 5.26 Å². The van der Waals surface area contributed by atoms with Crippen LogP contribution in [-0.2, 0) is 4.79 Å². The number of ether oxygens (including phenoxy) is 2. The van der Waals surface area contributed by atoms with Gasteiger partial charge in [-0.25, -0.2) is 0 Å². The van der Waals surface area contributed by atoms with Gasteiger partial charge in [0.05, 0.1) is 24.8 Å². The zero-order valence-corrected chi connectivity index (χ0v) is 14.8. The maximum absolute atomic E-state index is 12.6. The SMILES string of the molecule is COc1cccc(/C=C/C(=O)NC(C)c2ccc(C#N)cc2)c1OC(F)F. The van der Waals surface area contributed by atoms with Gasteiger partial charge in [-0.15, -0.1) is 0 Å². The standard InChI is InChI=1S/C20H18F2N2O3/c1-13(15-8-6-14(12-23)7-9-15)24-18(25)11-10-16-4-3-5-17(26-2)19(16)27-20(21)22/h3-11,13,20H,1-2H3,(H,24,25)/b11-10+. The molecule has 5 nitrogen and oxygen atoms in total. The van der Waals surface area contributed by atoms with Crippen LogP contribution < -0.4 is 14.8 Å². The maximum Gasteiger partial charge on any atom is 0.387 e. The minimum atomic E-state index is -3.02. The second-order valence-electron chi connectivity index (χ2n) is 5.55. The second kappa shape index (κ2) is 9.34. The number of methoxy groups -OCH3 is 1. The molecule has 1 N–H and O–H groups in total. The summed E-state index contributed by atoms with van der Waals surface area (Å²) in [5, 5.41) is 11.6. The van der Waals surface area contributed by atoms with Gasteiger partial charge in [0.15, 0.2) is 11.5 Å². The fraction of sp³-hybridized carbons (Fsp3) is 0.200. The first-order valence-electron chi connectivity index (χ1n) is 8.05. The molecular weight excluding hydrogens is 354 g/mol. The quantitative estimate of drug-likeness (QED) is 0.744. The number of halogens is 2. The van der Waals surface area contributed by atoms with Crippen LogP contribution in [0.2, 0.25) is 0 Å². The Hall–Kier alpha value is -3.40. The molecule has 0 aliphatic carbocycles. The van der Waals surface area contributed by atoms with E-state index in [1.807, 2.05) is 6.07 Å². The molecule has 0 spiro atoms. The summed E-state index contributed by atoms with van der Waals surface area (Å²) in [6, 6.07) is 13.2. The first-order chi connectivity index (χ1) is 12.9. The second-order valence-corrected chi connectivity index (χ2v) is 5.55. The Balaban J connectivity index is 2.10. The number of carbonyl (C=O) groups is 1. The lowest BCUT2D eigenvalue weighted by atomic mass is 10.1. The molecule has 0 aliphatic heterocycles. The van der Waals surface area contributed by atoms with Crippen LogP contribution in [0.5, 0.6) is 11.5 Å². The Morgan fingerprint density at radius 3 is 2.52 bits per heavy atom. The van der Waals surface area contributed by atoms with Gasteiger partial charge in [-0.05, 0) is 36.8 Å². The summed E-state index contributed by atoms with van der Waals surface area (Å²) < 4.78 is 34.8. The third-order valence-electron chi connectivity index (χ3n) is 3.75. The number of hydrogen-bond acceptors (Lipinski definition) is 4. The van der Waals surface area contributed by atoms with Gasteiger partial charge in [-0.3, -0.25) is 4.79 Å². The summed E-state index contributed by atoms with van der Waals surface area (Å²) in [6.45, 7) is -1.22. The molecule has 0 bridgehead atoms. The predicted molar refractivity (Wildman–Crippen MR) is 96.4 cm³/mol. The average Bonchev–Trinajstić information content (AvgIpc) is 2.66. The molecule has 1 unspecified atom stereocenters. The number of nitrogens with zero attached hydrogens (tertiary/aromatic N) is 1. The van der Waals surface area contributed by atoms with E-state index < -0.39 is 12.5 Å². The number of para-hydroxylation sites is 1. The highest BCUT2D eigenvalue weighted by atomic mass is 19.3. The van der Waals surface area contributed by atoms with Crippen molar-refractivity contribution in [3.63, 3.8) is 0 Å². The molecule has 0 saturated carbocycles. The zero-order valence-electron chi connectivity index (χ0n) is 14.8. The Morgan fingerprint density at radius 2 is 1.93 bits per heavy atom. The minimum absolute atomic E-state index is 0.140. The smallest absolute Gasteiger partial charge is 0.387 e. The third kappa shape index (κ3) is 5.54. The number of carbonyl (C=O) groups excluding carboxylic acids is 1. The summed E-state index contributed by atoms with van der Waals surface area (Å²) in [5.74, 6) is -0.402. The first-order valence-corrected chi connectivity index (χ1v) is 8.05. The molecule has 0 aliphatic rings. The van der Waals surface area contributed by atoms with Crippen LogP contribution in [0.3, 0.4) is 0 Å². The van der Waals surface area contributed by atoms with E-state index in [4.69, 9.17) is 10.00 Å². The zero-order chi connectivity index (χ0) is 19.8. The summed E-state index contributed by atoms with van der Waals surface area (Å²) in [4.78, 5) is 12.1. The number of alkyl halides is 2. The van der Waals surface area contributed by atoms with Crippen LogP contribution in [-0.4, -0.2) is 19.6 Å². The highest BCUT2D eigenvalue weighted by molar-refractivity contribution is 5.92. The molecule has 2 aromatic rings. The summed E-state index contributed by atoms with van der Waals surface area (Å²) >= 11 is 0. The van der Waals surface area contributed by atoms with Crippen LogP contribution in [0, 0.1) is 11.3 Å². The Kier molecular flexibility index (Phi) is 6.89. The number of nitriles is 1. The highest BCUT2D eigenvalue weighted by Gasteiger charge is 2.14. The maximum atomic E-state index is 12.6. The van der Waals surface area contributed by atoms with Gasteiger partial charge >= 0.3 is 6.61 Å². The Bertz CT molecular complexity index is 859. The predicted octanol–water partition coefficient (Wildman–Crippen LogP) is 4.06. The molecule has 0 aromatic heterocycles. The third-order valence-corrected chi connectivity index (χ3v) is 3.75. The van der Waals surface area contributed by atoms with Crippen molar-refractivity contribution < 1.29 is 23.0 Å².